The van der Waals surface area contributed by atoms with E-state index in [0.29, 0.717) is 6.67 Å². The molecule has 0 unspecified atom stereocenters. The lowest BCUT2D eigenvalue weighted by Crippen LogP contribution is -2.29. The minimum atomic E-state index is 0.571. The third-order valence-corrected chi connectivity index (χ3v) is 0.696. The summed E-state index contributed by atoms with van der Waals surface area (Å²) in [5, 5.41) is 5.95. The number of hydrogen-bond donors (Lipinski definition) is 3. The fraction of sp³-hybridized carbons (Fsp3) is 1.00. The molecule has 0 bridgehead atoms. The van der Waals surface area contributed by atoms with Crippen molar-refractivity contribution in [3.05, 3.63) is 0 Å². The molecule has 3 heteroatoms. The van der Waals surface area contributed by atoms with Crippen molar-refractivity contribution in [3.63, 3.8) is 0 Å². The molecule has 0 spiro atoms. The summed E-state index contributed by atoms with van der Waals surface area (Å²) in [6.07, 6.45) is 0. The van der Waals surface area contributed by atoms with E-state index in [-0.39, 0.29) is 0 Å². The first-order valence-electron chi connectivity index (χ1n) is 3.47. The third-order valence-electron chi connectivity index (χ3n) is 0.696. The summed E-state index contributed by atoms with van der Waals surface area (Å²) in [7, 11) is 1.91. The van der Waals surface area contributed by atoms with Crippen LogP contribution in [-0.4, -0.2) is 26.8 Å². The highest BCUT2D eigenvalue weighted by atomic mass is 15.0. The average molecular weight is 133 g/mol. The van der Waals surface area contributed by atoms with Gasteiger partial charge < -0.3 is 16.4 Å². The molecule has 0 heterocycles. The first kappa shape index (κ1) is 11.6. The second kappa shape index (κ2) is 15.7. The summed E-state index contributed by atoms with van der Waals surface area (Å²) in [6.45, 7) is 6.51. The number of nitrogens with one attached hydrogen (secondary N) is 2. The van der Waals surface area contributed by atoms with Crippen LogP contribution in [-0.2, 0) is 0 Å². The number of nitrogens with two attached hydrogens (primary N) is 1. The molecule has 0 aliphatic heterocycles. The second-order valence-corrected chi connectivity index (χ2v) is 1.31. The molecule has 9 heavy (non-hydrogen) atoms. The van der Waals surface area contributed by atoms with Crippen LogP contribution in [0.5, 0.6) is 0 Å². The van der Waals surface area contributed by atoms with Crippen molar-refractivity contribution in [1.29, 1.82) is 0 Å². The van der Waals surface area contributed by atoms with E-state index < -0.39 is 0 Å². The van der Waals surface area contributed by atoms with Crippen molar-refractivity contribution in [2.75, 3.05) is 26.8 Å². The fourth-order valence-corrected chi connectivity index (χ4v) is 0.315. The summed E-state index contributed by atoms with van der Waals surface area (Å²) in [5.41, 5.74) is 5.13. The Morgan fingerprint density at radius 2 is 1.78 bits per heavy atom. The fourth-order valence-electron chi connectivity index (χ4n) is 0.315. The molecule has 0 radical (unpaired) electrons. The van der Waals surface area contributed by atoms with Crippen LogP contribution in [0, 0.1) is 0 Å². The molecule has 0 rings (SSSR count). The standard InChI is InChI=1S/C4H13N3.C2H6/c1-6-2-3-7-4-5;1-2/h6-7H,2-5H2,1H3;1-2H3. The first-order chi connectivity index (χ1) is 4.41. The van der Waals surface area contributed by atoms with E-state index in [9.17, 15) is 0 Å². The number of hydrogen-bond acceptors (Lipinski definition) is 3. The van der Waals surface area contributed by atoms with Gasteiger partial charge in [-0.1, -0.05) is 13.8 Å². The van der Waals surface area contributed by atoms with Gasteiger partial charge in [0.05, 0.1) is 0 Å². The predicted octanol–water partition coefficient (Wildman–Crippen LogP) is -0.262. The van der Waals surface area contributed by atoms with E-state index in [1.165, 1.54) is 0 Å². The van der Waals surface area contributed by atoms with Crippen LogP contribution in [0.4, 0.5) is 0 Å². The Kier molecular flexibility index (Phi) is 20.3. The van der Waals surface area contributed by atoms with Gasteiger partial charge in [0.2, 0.25) is 0 Å². The second-order valence-electron chi connectivity index (χ2n) is 1.31. The molecule has 0 atom stereocenters. The highest BCUT2D eigenvalue weighted by Gasteiger charge is 1.75. The maximum Gasteiger partial charge on any atom is 0.0429 e. The van der Waals surface area contributed by atoms with Gasteiger partial charge in [-0.2, -0.15) is 0 Å². The molecule has 0 aromatic heterocycles. The Hall–Kier alpha value is -0.120. The van der Waals surface area contributed by atoms with Crippen molar-refractivity contribution in [2.24, 2.45) is 5.73 Å². The normalized spacial score (nSPS) is 8.00. The van der Waals surface area contributed by atoms with E-state index in [1.54, 1.807) is 0 Å². The zero-order valence-electron chi connectivity index (χ0n) is 6.70. The van der Waals surface area contributed by atoms with Gasteiger partial charge in [0, 0.05) is 19.8 Å². The summed E-state index contributed by atoms with van der Waals surface area (Å²) in [4.78, 5) is 0. The molecule has 0 amide bonds. The van der Waals surface area contributed by atoms with Gasteiger partial charge in [0.1, 0.15) is 0 Å². The van der Waals surface area contributed by atoms with Crippen LogP contribution in [0.15, 0.2) is 0 Å². The summed E-state index contributed by atoms with van der Waals surface area (Å²) in [6, 6.07) is 0. The zero-order chi connectivity index (χ0) is 7.54. The molecule has 0 fully saturated rings. The quantitative estimate of drug-likeness (QED) is 0.366. The van der Waals surface area contributed by atoms with Crippen molar-refractivity contribution < 1.29 is 0 Å². The Morgan fingerprint density at radius 3 is 2.11 bits per heavy atom. The maximum atomic E-state index is 5.13. The predicted molar refractivity (Wildman–Crippen MR) is 42.3 cm³/mol. The van der Waals surface area contributed by atoms with Crippen LogP contribution in [0.1, 0.15) is 13.8 Å². The first-order valence-corrected chi connectivity index (χ1v) is 3.47. The Labute approximate surface area is 58.0 Å². The van der Waals surface area contributed by atoms with Gasteiger partial charge in [-0.3, -0.25) is 0 Å². The van der Waals surface area contributed by atoms with Crippen LogP contribution in [0.25, 0.3) is 0 Å². The largest absolute Gasteiger partial charge is 0.318 e. The van der Waals surface area contributed by atoms with Gasteiger partial charge in [-0.15, -0.1) is 0 Å². The average Bonchev–Trinajstić information content (AvgIpc) is 1.94. The van der Waals surface area contributed by atoms with Crippen LogP contribution >= 0.6 is 0 Å². The molecule has 58 valence electrons. The third kappa shape index (κ3) is 18.1. The molecule has 4 N–H and O–H groups in total. The molecule has 0 aromatic rings. The smallest absolute Gasteiger partial charge is 0.0429 e. The summed E-state index contributed by atoms with van der Waals surface area (Å²) in [5.74, 6) is 0. The molecule has 0 aliphatic rings. The number of likely N-dealkylation sites (N-methyl/N-ethyl adjacent to an activating group) is 1. The number of rotatable bonds is 4. The van der Waals surface area contributed by atoms with Gasteiger partial charge in [-0.05, 0) is 7.05 Å². The van der Waals surface area contributed by atoms with Crippen LogP contribution < -0.4 is 16.4 Å². The molecular formula is C6H19N3. The zero-order valence-corrected chi connectivity index (χ0v) is 6.70. The molecule has 0 saturated heterocycles. The molecule has 0 saturated carbocycles. The van der Waals surface area contributed by atoms with E-state index in [1.807, 2.05) is 20.9 Å². The topological polar surface area (TPSA) is 50.1 Å². The molecular weight excluding hydrogens is 114 g/mol. The lowest BCUT2D eigenvalue weighted by Gasteiger charge is -1.96. The molecule has 0 aliphatic carbocycles. The summed E-state index contributed by atoms with van der Waals surface area (Å²) >= 11 is 0. The van der Waals surface area contributed by atoms with Gasteiger partial charge in [0.15, 0.2) is 0 Å². The maximum absolute atomic E-state index is 5.13. The minimum Gasteiger partial charge on any atom is -0.318 e. The van der Waals surface area contributed by atoms with E-state index in [4.69, 9.17) is 5.73 Å². The van der Waals surface area contributed by atoms with Crippen molar-refractivity contribution >= 4 is 0 Å². The van der Waals surface area contributed by atoms with E-state index in [0.717, 1.165) is 13.1 Å². The van der Waals surface area contributed by atoms with Crippen molar-refractivity contribution in [1.82, 2.24) is 10.6 Å². The Morgan fingerprint density at radius 1 is 1.22 bits per heavy atom. The Balaban J connectivity index is 0. The SMILES string of the molecule is CC.CNCCNCN. The lowest BCUT2D eigenvalue weighted by atomic mass is 10.6. The van der Waals surface area contributed by atoms with Crippen LogP contribution in [0.3, 0.4) is 0 Å². The van der Waals surface area contributed by atoms with Gasteiger partial charge in [0.25, 0.3) is 0 Å². The lowest BCUT2D eigenvalue weighted by molar-refractivity contribution is 0.662. The van der Waals surface area contributed by atoms with Crippen LogP contribution in [0.2, 0.25) is 0 Å². The highest BCUT2D eigenvalue weighted by molar-refractivity contribution is 4.42. The van der Waals surface area contributed by atoms with E-state index >= 15 is 0 Å². The monoisotopic (exact) mass is 133 g/mol. The van der Waals surface area contributed by atoms with Gasteiger partial charge in [-0.25, -0.2) is 0 Å². The van der Waals surface area contributed by atoms with E-state index in [2.05, 4.69) is 10.6 Å². The minimum absolute atomic E-state index is 0.571. The highest BCUT2D eigenvalue weighted by Crippen LogP contribution is 1.47. The molecule has 0 aromatic carbocycles. The summed E-state index contributed by atoms with van der Waals surface area (Å²) < 4.78 is 0. The molecule has 3 nitrogen and oxygen atoms in total. The Bertz CT molecular complexity index is 27.5. The van der Waals surface area contributed by atoms with Crippen molar-refractivity contribution in [2.45, 2.75) is 13.8 Å². The van der Waals surface area contributed by atoms with Gasteiger partial charge >= 0.3 is 0 Å². The van der Waals surface area contributed by atoms with Crippen molar-refractivity contribution in [3.8, 4) is 0 Å².